The number of carbonyl (C=O) groups excluding carboxylic acids is 4. The summed E-state index contributed by atoms with van der Waals surface area (Å²) in [5, 5.41) is 31.7. The number of hydrogen-bond acceptors (Lipinski definition) is 10. The van der Waals surface area contributed by atoms with Gasteiger partial charge in [0.1, 0.15) is 30.0 Å². The molecule has 0 heterocycles. The van der Waals surface area contributed by atoms with E-state index >= 15 is 0 Å². The number of fused-ring (bicyclic) bond motifs is 4. The van der Waals surface area contributed by atoms with Crippen LogP contribution in [0.1, 0.15) is 66.4 Å². The number of aliphatic hydroxyl groups excluding tert-OH is 1. The average molecular weight is 529 g/mol. The molecule has 0 radical (unpaired) electrons. The van der Waals surface area contributed by atoms with E-state index in [9.17, 15) is 29.4 Å². The Kier molecular flexibility index (Phi) is 6.57. The quantitative estimate of drug-likeness (QED) is 0.328. The number of aromatic hydroxyl groups is 2. The van der Waals surface area contributed by atoms with Gasteiger partial charge in [-0.05, 0) is 43.0 Å². The maximum Gasteiger partial charge on any atom is 0.338 e. The Bertz CT molecular complexity index is 1540. The van der Waals surface area contributed by atoms with E-state index in [-0.39, 0.29) is 38.4 Å². The minimum atomic E-state index is -1.32. The van der Waals surface area contributed by atoms with Crippen LogP contribution in [0.15, 0.2) is 18.2 Å². The van der Waals surface area contributed by atoms with E-state index in [1.54, 1.807) is 13.0 Å². The molecule has 192 valence electrons. The summed E-state index contributed by atoms with van der Waals surface area (Å²) < 4.78 is 15.3. The molecule has 4 rings (SSSR count). The SMILES string of the molecule is COC(=O)c1cc2c(c(O)c1C(C)OC(=O)CO)C(=O)c1c(O)cc3cc(C)c(Cl)c(OC)c3c1C2=O. The van der Waals surface area contributed by atoms with Gasteiger partial charge < -0.3 is 29.5 Å². The fraction of sp³-hybridized carbons (Fsp3) is 0.231. The van der Waals surface area contributed by atoms with Gasteiger partial charge in [0.15, 0.2) is 5.78 Å². The van der Waals surface area contributed by atoms with Gasteiger partial charge >= 0.3 is 11.9 Å². The normalized spacial score (nSPS) is 13.1. The third-order valence-corrected chi connectivity index (χ3v) is 6.67. The van der Waals surface area contributed by atoms with Crippen molar-refractivity contribution >= 4 is 45.9 Å². The van der Waals surface area contributed by atoms with Gasteiger partial charge in [0.25, 0.3) is 0 Å². The summed E-state index contributed by atoms with van der Waals surface area (Å²) in [7, 11) is 2.40. The van der Waals surface area contributed by atoms with Gasteiger partial charge in [-0.15, -0.1) is 0 Å². The lowest BCUT2D eigenvalue weighted by Crippen LogP contribution is -2.25. The molecule has 0 fully saturated rings. The summed E-state index contributed by atoms with van der Waals surface area (Å²) in [5.74, 6) is -4.98. The number of carbonyl (C=O) groups is 4. The molecule has 1 aliphatic rings. The second-order valence-corrected chi connectivity index (χ2v) is 8.71. The zero-order chi connectivity index (χ0) is 27.3. The molecule has 37 heavy (non-hydrogen) atoms. The number of ether oxygens (including phenoxy) is 3. The van der Waals surface area contributed by atoms with Crippen molar-refractivity contribution in [3.8, 4) is 17.2 Å². The number of aryl methyl sites for hydroxylation is 1. The summed E-state index contributed by atoms with van der Waals surface area (Å²) in [6.07, 6.45) is -1.32. The molecule has 0 amide bonds. The van der Waals surface area contributed by atoms with E-state index in [1.807, 2.05) is 0 Å². The first-order chi connectivity index (χ1) is 17.5. The highest BCUT2D eigenvalue weighted by Gasteiger charge is 2.40. The largest absolute Gasteiger partial charge is 0.507 e. The van der Waals surface area contributed by atoms with Crippen LogP contribution in [-0.2, 0) is 14.3 Å². The first kappa shape index (κ1) is 25.9. The molecule has 0 saturated heterocycles. The van der Waals surface area contributed by atoms with Gasteiger partial charge in [-0.3, -0.25) is 9.59 Å². The van der Waals surface area contributed by atoms with Crippen LogP contribution >= 0.6 is 11.6 Å². The average Bonchev–Trinajstić information content (AvgIpc) is 2.86. The molecule has 1 unspecified atom stereocenters. The van der Waals surface area contributed by atoms with Crippen LogP contribution < -0.4 is 4.74 Å². The Morgan fingerprint density at radius 1 is 1.03 bits per heavy atom. The number of ketones is 2. The van der Waals surface area contributed by atoms with Gasteiger partial charge in [0, 0.05) is 22.1 Å². The van der Waals surface area contributed by atoms with Crippen LogP contribution in [0, 0.1) is 6.92 Å². The fourth-order valence-corrected chi connectivity index (χ4v) is 4.84. The predicted octanol–water partition coefficient (Wildman–Crippen LogP) is 3.38. The molecule has 0 saturated carbocycles. The Labute approximate surface area is 214 Å². The van der Waals surface area contributed by atoms with E-state index in [2.05, 4.69) is 0 Å². The first-order valence-electron chi connectivity index (χ1n) is 10.9. The van der Waals surface area contributed by atoms with Crippen molar-refractivity contribution in [1.29, 1.82) is 0 Å². The molecular formula is C26H21ClO10. The molecule has 3 aromatic rings. The molecule has 3 aromatic carbocycles. The van der Waals surface area contributed by atoms with Gasteiger partial charge in [-0.2, -0.15) is 0 Å². The number of benzene rings is 3. The summed E-state index contributed by atoms with van der Waals surface area (Å²) in [5.41, 5.74) is -1.50. The summed E-state index contributed by atoms with van der Waals surface area (Å²) in [4.78, 5) is 51.8. The van der Waals surface area contributed by atoms with Crippen LogP contribution in [0.2, 0.25) is 5.02 Å². The Balaban J connectivity index is 2.10. The van der Waals surface area contributed by atoms with Crippen LogP contribution in [-0.4, -0.2) is 59.7 Å². The molecule has 10 nitrogen and oxygen atoms in total. The number of aliphatic hydroxyl groups is 1. The minimum absolute atomic E-state index is 0.107. The lowest BCUT2D eigenvalue weighted by atomic mass is 9.78. The zero-order valence-corrected chi connectivity index (χ0v) is 20.8. The number of hydrogen-bond donors (Lipinski definition) is 3. The summed E-state index contributed by atoms with van der Waals surface area (Å²) in [6, 6.07) is 3.95. The number of methoxy groups -OCH3 is 2. The molecule has 0 bridgehead atoms. The third kappa shape index (κ3) is 3.85. The van der Waals surface area contributed by atoms with E-state index in [0.29, 0.717) is 10.9 Å². The number of halogens is 1. The maximum atomic E-state index is 13.9. The van der Waals surface area contributed by atoms with Crippen molar-refractivity contribution in [2.24, 2.45) is 0 Å². The molecular weight excluding hydrogens is 508 g/mol. The lowest BCUT2D eigenvalue weighted by molar-refractivity contribution is -0.151. The number of esters is 2. The molecule has 11 heteroatoms. The van der Waals surface area contributed by atoms with Crippen LogP contribution in [0.4, 0.5) is 0 Å². The van der Waals surface area contributed by atoms with Crippen molar-refractivity contribution in [2.45, 2.75) is 20.0 Å². The monoisotopic (exact) mass is 528 g/mol. The third-order valence-electron chi connectivity index (χ3n) is 6.20. The maximum absolute atomic E-state index is 13.9. The van der Waals surface area contributed by atoms with E-state index < -0.39 is 58.8 Å². The first-order valence-corrected chi connectivity index (χ1v) is 11.3. The predicted molar refractivity (Wildman–Crippen MR) is 130 cm³/mol. The van der Waals surface area contributed by atoms with E-state index in [1.165, 1.54) is 20.1 Å². The smallest absolute Gasteiger partial charge is 0.338 e. The summed E-state index contributed by atoms with van der Waals surface area (Å²) in [6.45, 7) is 2.03. The van der Waals surface area contributed by atoms with Gasteiger partial charge in [0.2, 0.25) is 5.78 Å². The molecule has 1 aliphatic carbocycles. The minimum Gasteiger partial charge on any atom is -0.507 e. The van der Waals surface area contributed by atoms with Crippen molar-refractivity contribution < 1.29 is 48.7 Å². The van der Waals surface area contributed by atoms with Gasteiger partial charge in [0.05, 0.1) is 35.9 Å². The summed E-state index contributed by atoms with van der Waals surface area (Å²) >= 11 is 6.41. The molecule has 3 N–H and O–H groups in total. The Hall–Kier alpha value is -4.15. The Morgan fingerprint density at radius 2 is 1.70 bits per heavy atom. The van der Waals surface area contributed by atoms with Crippen LogP contribution in [0.3, 0.4) is 0 Å². The van der Waals surface area contributed by atoms with Crippen molar-refractivity contribution in [3.05, 3.63) is 62.2 Å². The van der Waals surface area contributed by atoms with Crippen molar-refractivity contribution in [3.63, 3.8) is 0 Å². The topological polar surface area (TPSA) is 157 Å². The standard InChI is InChI=1S/C26H21ClO10/c1-9-5-11-6-14(29)19-20(17(11)25(35-3)21(9)27)22(31)12-7-13(26(34)36-4)16(10(2)37-15(30)8-28)23(32)18(12)24(19)33/h5-7,10,28-29,32H,8H2,1-4H3. The van der Waals surface area contributed by atoms with E-state index in [0.717, 1.165) is 13.2 Å². The number of rotatable bonds is 5. The van der Waals surface area contributed by atoms with Gasteiger partial charge in [-0.25, -0.2) is 9.59 Å². The fourth-order valence-electron chi connectivity index (χ4n) is 4.62. The second-order valence-electron chi connectivity index (χ2n) is 8.33. The molecule has 1 atom stereocenters. The highest BCUT2D eigenvalue weighted by atomic mass is 35.5. The highest BCUT2D eigenvalue weighted by Crippen LogP contribution is 2.47. The zero-order valence-electron chi connectivity index (χ0n) is 20.1. The van der Waals surface area contributed by atoms with Crippen molar-refractivity contribution in [1.82, 2.24) is 0 Å². The highest BCUT2D eigenvalue weighted by molar-refractivity contribution is 6.38. The van der Waals surface area contributed by atoms with Gasteiger partial charge in [-0.1, -0.05) is 11.6 Å². The van der Waals surface area contributed by atoms with Crippen LogP contribution in [0.5, 0.6) is 17.2 Å². The second kappa shape index (κ2) is 9.38. The van der Waals surface area contributed by atoms with Crippen molar-refractivity contribution in [2.75, 3.05) is 20.8 Å². The number of phenols is 2. The van der Waals surface area contributed by atoms with Crippen LogP contribution in [0.25, 0.3) is 10.8 Å². The molecule has 0 aromatic heterocycles. The van der Waals surface area contributed by atoms with E-state index in [4.69, 9.17) is 30.9 Å². The lowest BCUT2D eigenvalue weighted by Gasteiger charge is -2.26. The Morgan fingerprint density at radius 3 is 2.30 bits per heavy atom. The number of phenolic OH excluding ortho intramolecular Hbond substituents is 2. The molecule has 0 spiro atoms. The molecule has 0 aliphatic heterocycles.